The Labute approximate surface area is 72.2 Å². The Balaban J connectivity index is 4.67. The van der Waals surface area contributed by atoms with Gasteiger partial charge in [0, 0.05) is 24.7 Å². The minimum atomic E-state index is -0.0787. The summed E-state index contributed by atoms with van der Waals surface area (Å²) in [6.07, 6.45) is 1.56. The van der Waals surface area contributed by atoms with E-state index >= 15 is 0 Å². The van der Waals surface area contributed by atoms with Crippen LogP contribution < -0.4 is 11.7 Å². The van der Waals surface area contributed by atoms with Gasteiger partial charge in [-0.1, -0.05) is 0 Å². The van der Waals surface area contributed by atoms with Crippen LogP contribution in [0.4, 0.5) is 0 Å². The smallest absolute Gasteiger partial charge is 0.0735 e. The highest BCUT2D eigenvalue weighted by molar-refractivity contribution is 6.16. The fourth-order valence-corrected chi connectivity index (χ4v) is 0.823. The Morgan fingerprint density at radius 1 is 1.25 bits per heavy atom. The number of nitrogens with zero attached hydrogens (tertiary/aromatic N) is 3. The lowest BCUT2D eigenvalue weighted by atomic mass is 10.0. The van der Waals surface area contributed by atoms with Crippen molar-refractivity contribution >= 4 is 17.6 Å². The Morgan fingerprint density at radius 2 is 1.83 bits per heavy atom. The normalized spacial score (nSPS) is 16.9. The lowest BCUT2D eigenvalue weighted by Crippen LogP contribution is -2.23. The summed E-state index contributed by atoms with van der Waals surface area (Å²) in [6.45, 7) is 3.68. The standard InChI is InChI=1S/C7H15N5/c1-5(10-3)7(4-11-8)6(2)12-9/h4,7H,8-9H2,1-3H3/b10-5+,11-4+,12-6-. The molecule has 5 nitrogen and oxygen atoms in total. The van der Waals surface area contributed by atoms with Crippen LogP contribution in [0.5, 0.6) is 0 Å². The highest BCUT2D eigenvalue weighted by atomic mass is 15.1. The molecule has 1 unspecified atom stereocenters. The van der Waals surface area contributed by atoms with E-state index in [1.807, 2.05) is 6.92 Å². The highest BCUT2D eigenvalue weighted by Crippen LogP contribution is 1.99. The van der Waals surface area contributed by atoms with Gasteiger partial charge < -0.3 is 11.7 Å². The molecule has 0 amide bonds. The molecule has 12 heavy (non-hydrogen) atoms. The minimum absolute atomic E-state index is 0.0787. The van der Waals surface area contributed by atoms with Crippen LogP contribution in [0.15, 0.2) is 15.2 Å². The third-order valence-electron chi connectivity index (χ3n) is 1.69. The molecule has 0 aliphatic carbocycles. The van der Waals surface area contributed by atoms with Crippen LogP contribution in [0.1, 0.15) is 13.8 Å². The van der Waals surface area contributed by atoms with Crippen LogP contribution in [-0.2, 0) is 0 Å². The highest BCUT2D eigenvalue weighted by Gasteiger charge is 2.12. The molecule has 0 aromatic heterocycles. The first kappa shape index (κ1) is 10.6. The van der Waals surface area contributed by atoms with Gasteiger partial charge in [0.05, 0.1) is 5.92 Å². The van der Waals surface area contributed by atoms with Gasteiger partial charge in [0.25, 0.3) is 0 Å². The van der Waals surface area contributed by atoms with E-state index in [-0.39, 0.29) is 5.92 Å². The quantitative estimate of drug-likeness (QED) is 0.353. The number of hydrazone groups is 2. The van der Waals surface area contributed by atoms with Crippen molar-refractivity contribution in [2.24, 2.45) is 32.8 Å². The first-order valence-electron chi connectivity index (χ1n) is 3.58. The molecule has 0 rings (SSSR count). The lowest BCUT2D eigenvalue weighted by molar-refractivity contribution is 1.13. The molecule has 1 atom stereocenters. The van der Waals surface area contributed by atoms with Crippen LogP contribution in [0.3, 0.4) is 0 Å². The third-order valence-corrected chi connectivity index (χ3v) is 1.69. The zero-order chi connectivity index (χ0) is 9.56. The van der Waals surface area contributed by atoms with E-state index in [0.29, 0.717) is 0 Å². The van der Waals surface area contributed by atoms with E-state index in [4.69, 9.17) is 11.7 Å². The molecule has 0 aliphatic rings. The van der Waals surface area contributed by atoms with Gasteiger partial charge in [-0.15, -0.1) is 0 Å². The maximum absolute atomic E-state index is 5.13. The van der Waals surface area contributed by atoms with Gasteiger partial charge in [-0.3, -0.25) is 4.99 Å². The lowest BCUT2D eigenvalue weighted by Gasteiger charge is -2.09. The summed E-state index contributed by atoms with van der Waals surface area (Å²) in [5.74, 6) is 10.1. The third kappa shape index (κ3) is 2.69. The Morgan fingerprint density at radius 3 is 2.17 bits per heavy atom. The van der Waals surface area contributed by atoms with E-state index in [1.54, 1.807) is 20.2 Å². The molecule has 4 N–H and O–H groups in total. The fraction of sp³-hybridized carbons (Fsp3) is 0.571. The molecule has 0 saturated heterocycles. The van der Waals surface area contributed by atoms with Crippen molar-refractivity contribution in [2.75, 3.05) is 7.05 Å². The minimum Gasteiger partial charge on any atom is -0.324 e. The molecule has 0 spiro atoms. The number of nitrogens with two attached hydrogens (primary N) is 2. The summed E-state index contributed by atoms with van der Waals surface area (Å²) in [4.78, 5) is 4.01. The van der Waals surface area contributed by atoms with Crippen molar-refractivity contribution in [3.05, 3.63) is 0 Å². The van der Waals surface area contributed by atoms with Crippen molar-refractivity contribution < 1.29 is 0 Å². The van der Waals surface area contributed by atoms with Crippen molar-refractivity contribution in [1.29, 1.82) is 0 Å². The maximum Gasteiger partial charge on any atom is 0.0735 e. The van der Waals surface area contributed by atoms with E-state index in [2.05, 4.69) is 15.2 Å². The number of hydrogen-bond acceptors (Lipinski definition) is 5. The molecule has 0 aromatic rings. The van der Waals surface area contributed by atoms with Crippen molar-refractivity contribution in [3.63, 3.8) is 0 Å². The second kappa shape index (κ2) is 5.29. The molecule has 0 aromatic carbocycles. The van der Waals surface area contributed by atoms with Gasteiger partial charge in [-0.05, 0) is 13.8 Å². The average molecular weight is 169 g/mol. The molecule has 0 bridgehead atoms. The van der Waals surface area contributed by atoms with Crippen LogP contribution >= 0.6 is 0 Å². The van der Waals surface area contributed by atoms with E-state index in [0.717, 1.165) is 11.4 Å². The molecular formula is C7H15N5. The van der Waals surface area contributed by atoms with Gasteiger partial charge in [-0.2, -0.15) is 10.2 Å². The number of aliphatic imine (C=N–C) groups is 1. The summed E-state index contributed by atoms with van der Waals surface area (Å²) in [5, 5.41) is 7.00. The molecule has 0 heterocycles. The summed E-state index contributed by atoms with van der Waals surface area (Å²) in [7, 11) is 1.70. The second-order valence-electron chi connectivity index (χ2n) is 2.41. The van der Waals surface area contributed by atoms with E-state index in [1.165, 1.54) is 0 Å². The predicted molar refractivity (Wildman–Crippen MR) is 52.5 cm³/mol. The first-order valence-corrected chi connectivity index (χ1v) is 3.58. The van der Waals surface area contributed by atoms with E-state index < -0.39 is 0 Å². The summed E-state index contributed by atoms with van der Waals surface area (Å²) < 4.78 is 0. The van der Waals surface area contributed by atoms with Gasteiger partial charge in [-0.25, -0.2) is 0 Å². The molecular weight excluding hydrogens is 154 g/mol. The van der Waals surface area contributed by atoms with Crippen LogP contribution in [0.25, 0.3) is 0 Å². The van der Waals surface area contributed by atoms with Crippen LogP contribution in [-0.4, -0.2) is 24.7 Å². The summed E-state index contributed by atoms with van der Waals surface area (Å²) in [6, 6.07) is 0. The van der Waals surface area contributed by atoms with Crippen LogP contribution in [0, 0.1) is 5.92 Å². The van der Waals surface area contributed by atoms with Crippen LogP contribution in [0.2, 0.25) is 0 Å². The zero-order valence-corrected chi connectivity index (χ0v) is 7.65. The summed E-state index contributed by atoms with van der Waals surface area (Å²) >= 11 is 0. The predicted octanol–water partition coefficient (Wildman–Crippen LogP) is -0.0276. The molecule has 0 fully saturated rings. The van der Waals surface area contributed by atoms with Crippen molar-refractivity contribution in [3.8, 4) is 0 Å². The SMILES string of the molecule is C/N=C(\C)C(/C=N/N)/C(C)=N\N. The number of rotatable bonds is 3. The van der Waals surface area contributed by atoms with Gasteiger partial charge in [0.15, 0.2) is 0 Å². The fourth-order valence-electron chi connectivity index (χ4n) is 0.823. The Kier molecular flexibility index (Phi) is 4.67. The topological polar surface area (TPSA) is 89.1 Å². The molecule has 0 aliphatic heterocycles. The molecule has 5 heteroatoms. The second-order valence-corrected chi connectivity index (χ2v) is 2.41. The Bertz CT molecular complexity index is 198. The molecule has 68 valence electrons. The molecule has 0 radical (unpaired) electrons. The average Bonchev–Trinajstić information content (AvgIpc) is 2.11. The first-order chi connectivity index (χ1) is 5.67. The van der Waals surface area contributed by atoms with Gasteiger partial charge in [0.2, 0.25) is 0 Å². The summed E-state index contributed by atoms with van der Waals surface area (Å²) in [5.41, 5.74) is 1.63. The maximum atomic E-state index is 5.13. The van der Waals surface area contributed by atoms with Crippen molar-refractivity contribution in [1.82, 2.24) is 0 Å². The largest absolute Gasteiger partial charge is 0.324 e. The zero-order valence-electron chi connectivity index (χ0n) is 7.65. The van der Waals surface area contributed by atoms with E-state index in [9.17, 15) is 0 Å². The Hall–Kier alpha value is -1.39. The monoisotopic (exact) mass is 169 g/mol. The van der Waals surface area contributed by atoms with Crippen molar-refractivity contribution in [2.45, 2.75) is 13.8 Å². The van der Waals surface area contributed by atoms with Gasteiger partial charge >= 0.3 is 0 Å². The number of hydrogen-bond donors (Lipinski definition) is 2. The van der Waals surface area contributed by atoms with Gasteiger partial charge in [0.1, 0.15) is 0 Å². The molecule has 0 saturated carbocycles.